The average molecular weight is 380 g/mol. The number of nitrogens with zero attached hydrogens (tertiary/aromatic N) is 3. The molecule has 4 rings (SSSR count). The summed E-state index contributed by atoms with van der Waals surface area (Å²) in [5, 5.41) is 9.28. The van der Waals surface area contributed by atoms with Crippen LogP contribution < -0.4 is 5.43 Å². The molecule has 0 atom stereocenters. The molecule has 0 aliphatic carbocycles. The first-order valence-electron chi connectivity index (χ1n) is 9.83. The van der Waals surface area contributed by atoms with E-state index in [1.54, 1.807) is 0 Å². The van der Waals surface area contributed by atoms with Gasteiger partial charge in [-0.25, -0.2) is 4.68 Å². The lowest BCUT2D eigenvalue weighted by Crippen LogP contribution is -1.94. The van der Waals surface area contributed by atoms with Gasteiger partial charge in [0.25, 0.3) is 0 Å². The van der Waals surface area contributed by atoms with Gasteiger partial charge in [-0.05, 0) is 43.2 Å². The summed E-state index contributed by atoms with van der Waals surface area (Å²) in [6, 6.07) is 26.8. The Labute approximate surface area is 171 Å². The standard InChI is InChI=1S/C25H24N4/c1-3-20-11-13-21(14-12-20)25-22(17-26-27-23-15-9-19(2)10-16-23)18-29(28-25)24-7-5-4-6-8-24/h4-18,27H,3H2,1-2H3/b26-17+. The molecule has 0 saturated carbocycles. The van der Waals surface area contributed by atoms with Crippen molar-refractivity contribution in [1.82, 2.24) is 9.78 Å². The van der Waals surface area contributed by atoms with Crippen LogP contribution in [0.15, 0.2) is 90.2 Å². The van der Waals surface area contributed by atoms with Crippen molar-refractivity contribution in [3.8, 4) is 16.9 Å². The number of hydrazone groups is 1. The summed E-state index contributed by atoms with van der Waals surface area (Å²) >= 11 is 0. The zero-order chi connectivity index (χ0) is 20.1. The molecule has 29 heavy (non-hydrogen) atoms. The van der Waals surface area contributed by atoms with Crippen molar-refractivity contribution in [2.75, 3.05) is 5.43 Å². The minimum absolute atomic E-state index is 0.908. The van der Waals surface area contributed by atoms with Gasteiger partial charge in [-0.15, -0.1) is 0 Å². The lowest BCUT2D eigenvalue weighted by molar-refractivity contribution is 0.884. The van der Waals surface area contributed by atoms with Gasteiger partial charge in [-0.2, -0.15) is 10.2 Å². The number of aryl methyl sites for hydroxylation is 2. The number of hydrogen-bond acceptors (Lipinski definition) is 3. The first-order valence-corrected chi connectivity index (χ1v) is 9.83. The fraction of sp³-hybridized carbons (Fsp3) is 0.120. The van der Waals surface area contributed by atoms with Crippen LogP contribution in [0.25, 0.3) is 16.9 Å². The lowest BCUT2D eigenvalue weighted by atomic mass is 10.1. The Balaban J connectivity index is 1.67. The maximum Gasteiger partial charge on any atom is 0.102 e. The molecule has 1 aromatic heterocycles. The molecule has 0 aliphatic rings. The van der Waals surface area contributed by atoms with E-state index in [1.807, 2.05) is 59.6 Å². The minimum atomic E-state index is 0.908. The molecule has 0 unspecified atom stereocenters. The number of aromatic nitrogens is 2. The second kappa shape index (κ2) is 8.57. The van der Waals surface area contributed by atoms with Gasteiger partial charge in [0.05, 0.1) is 17.6 Å². The van der Waals surface area contributed by atoms with Crippen LogP contribution in [-0.4, -0.2) is 16.0 Å². The lowest BCUT2D eigenvalue weighted by Gasteiger charge is -2.02. The van der Waals surface area contributed by atoms with Crippen molar-refractivity contribution in [1.29, 1.82) is 0 Å². The van der Waals surface area contributed by atoms with Crippen LogP contribution in [0.2, 0.25) is 0 Å². The largest absolute Gasteiger partial charge is 0.279 e. The molecule has 4 nitrogen and oxygen atoms in total. The minimum Gasteiger partial charge on any atom is -0.279 e. The number of rotatable bonds is 6. The van der Waals surface area contributed by atoms with Crippen molar-refractivity contribution in [3.05, 3.63) is 102 Å². The first kappa shape index (κ1) is 18.7. The van der Waals surface area contributed by atoms with Crippen molar-refractivity contribution >= 4 is 11.9 Å². The monoisotopic (exact) mass is 380 g/mol. The zero-order valence-corrected chi connectivity index (χ0v) is 16.7. The van der Waals surface area contributed by atoms with E-state index < -0.39 is 0 Å². The SMILES string of the molecule is CCc1ccc(-c2nn(-c3ccccc3)cc2/C=N/Nc2ccc(C)cc2)cc1. The highest BCUT2D eigenvalue weighted by Crippen LogP contribution is 2.23. The Bertz CT molecular complexity index is 1090. The van der Waals surface area contributed by atoms with E-state index in [2.05, 4.69) is 60.8 Å². The van der Waals surface area contributed by atoms with Gasteiger partial charge in [-0.3, -0.25) is 5.43 Å². The smallest absolute Gasteiger partial charge is 0.102 e. The molecule has 3 aromatic carbocycles. The van der Waals surface area contributed by atoms with Gasteiger partial charge in [-0.1, -0.05) is 67.1 Å². The van der Waals surface area contributed by atoms with E-state index in [4.69, 9.17) is 5.10 Å². The molecule has 0 saturated heterocycles. The van der Waals surface area contributed by atoms with Crippen molar-refractivity contribution < 1.29 is 0 Å². The van der Waals surface area contributed by atoms with Gasteiger partial charge in [0.1, 0.15) is 5.69 Å². The van der Waals surface area contributed by atoms with Crippen molar-refractivity contribution in [2.24, 2.45) is 5.10 Å². The van der Waals surface area contributed by atoms with Crippen LogP contribution >= 0.6 is 0 Å². The molecule has 0 amide bonds. The molecule has 4 aromatic rings. The second-order valence-corrected chi connectivity index (χ2v) is 7.00. The molecule has 0 fully saturated rings. The third-order valence-corrected chi connectivity index (χ3v) is 4.85. The van der Waals surface area contributed by atoms with E-state index in [9.17, 15) is 0 Å². The van der Waals surface area contributed by atoms with E-state index in [-0.39, 0.29) is 0 Å². The van der Waals surface area contributed by atoms with Crippen molar-refractivity contribution in [3.63, 3.8) is 0 Å². The number of benzene rings is 3. The van der Waals surface area contributed by atoms with Gasteiger partial charge >= 0.3 is 0 Å². The molecular weight excluding hydrogens is 356 g/mol. The third-order valence-electron chi connectivity index (χ3n) is 4.85. The summed E-state index contributed by atoms with van der Waals surface area (Å²) in [5.41, 5.74) is 10.6. The van der Waals surface area contributed by atoms with E-state index in [0.717, 1.165) is 34.6 Å². The summed E-state index contributed by atoms with van der Waals surface area (Å²) in [5.74, 6) is 0. The van der Waals surface area contributed by atoms with Crippen molar-refractivity contribution in [2.45, 2.75) is 20.3 Å². The fourth-order valence-electron chi connectivity index (χ4n) is 3.12. The Kier molecular flexibility index (Phi) is 5.52. The maximum absolute atomic E-state index is 4.84. The quantitative estimate of drug-likeness (QED) is 0.336. The second-order valence-electron chi connectivity index (χ2n) is 7.00. The van der Waals surface area contributed by atoms with E-state index in [0.29, 0.717) is 0 Å². The molecule has 0 bridgehead atoms. The fourth-order valence-corrected chi connectivity index (χ4v) is 3.12. The Morgan fingerprint density at radius 3 is 2.34 bits per heavy atom. The number of para-hydroxylation sites is 1. The van der Waals surface area contributed by atoms with Crippen LogP contribution in [0.4, 0.5) is 5.69 Å². The summed E-state index contributed by atoms with van der Waals surface area (Å²) in [6.45, 7) is 4.23. The predicted molar refractivity (Wildman–Crippen MR) is 121 cm³/mol. The van der Waals surface area contributed by atoms with Crippen LogP contribution in [0.5, 0.6) is 0 Å². The predicted octanol–water partition coefficient (Wildman–Crippen LogP) is 5.86. The highest BCUT2D eigenvalue weighted by Gasteiger charge is 2.11. The highest BCUT2D eigenvalue weighted by molar-refractivity contribution is 5.89. The van der Waals surface area contributed by atoms with Gasteiger partial charge in [0.15, 0.2) is 0 Å². The molecule has 0 spiro atoms. The molecule has 144 valence electrons. The summed E-state index contributed by atoms with van der Waals surface area (Å²) in [7, 11) is 0. The molecule has 0 radical (unpaired) electrons. The van der Waals surface area contributed by atoms with Gasteiger partial charge in [0, 0.05) is 17.3 Å². The van der Waals surface area contributed by atoms with Crippen LogP contribution in [0.3, 0.4) is 0 Å². The number of hydrogen-bond donors (Lipinski definition) is 1. The summed E-state index contributed by atoms with van der Waals surface area (Å²) in [6.07, 6.45) is 4.86. The molecule has 4 heteroatoms. The first-order chi connectivity index (χ1) is 14.2. The molecular formula is C25H24N4. The van der Waals surface area contributed by atoms with Gasteiger partial charge in [0.2, 0.25) is 0 Å². The summed E-state index contributed by atoms with van der Waals surface area (Å²) in [4.78, 5) is 0. The third kappa shape index (κ3) is 4.43. The molecule has 1 N–H and O–H groups in total. The van der Waals surface area contributed by atoms with E-state index >= 15 is 0 Å². The topological polar surface area (TPSA) is 42.2 Å². The Hall–Kier alpha value is -3.66. The average Bonchev–Trinajstić information content (AvgIpc) is 3.20. The number of anilines is 1. The van der Waals surface area contributed by atoms with E-state index in [1.165, 1.54) is 11.1 Å². The maximum atomic E-state index is 4.84. The summed E-state index contributed by atoms with van der Waals surface area (Å²) < 4.78 is 1.90. The van der Waals surface area contributed by atoms with Crippen LogP contribution in [-0.2, 0) is 6.42 Å². The molecule has 1 heterocycles. The Morgan fingerprint density at radius 1 is 0.931 bits per heavy atom. The van der Waals surface area contributed by atoms with Crippen LogP contribution in [0, 0.1) is 6.92 Å². The van der Waals surface area contributed by atoms with Crippen LogP contribution in [0.1, 0.15) is 23.6 Å². The normalized spacial score (nSPS) is 11.1. The molecule has 0 aliphatic heterocycles. The highest BCUT2D eigenvalue weighted by atomic mass is 15.3. The number of nitrogens with one attached hydrogen (secondary N) is 1. The van der Waals surface area contributed by atoms with Gasteiger partial charge < -0.3 is 0 Å². The Morgan fingerprint density at radius 2 is 1.66 bits per heavy atom. The zero-order valence-electron chi connectivity index (χ0n) is 16.7.